The number of aliphatic hydroxyl groups is 1. The molecule has 8 heteroatoms. The molecule has 0 saturated carbocycles. The predicted molar refractivity (Wildman–Crippen MR) is 114 cm³/mol. The first kappa shape index (κ1) is 22.6. The lowest BCUT2D eigenvalue weighted by Crippen LogP contribution is -2.55. The Morgan fingerprint density at radius 1 is 1.19 bits per heavy atom. The molecule has 1 aromatic carbocycles. The molecule has 172 valence electrons. The van der Waals surface area contributed by atoms with E-state index in [1.165, 1.54) is 12.1 Å². The van der Waals surface area contributed by atoms with Gasteiger partial charge >= 0.3 is 0 Å². The molecule has 1 aromatic rings. The molecule has 3 saturated heterocycles. The topological polar surface area (TPSA) is 65.5 Å². The highest BCUT2D eigenvalue weighted by Crippen LogP contribution is 2.29. The number of piperazine rings is 1. The molecule has 0 aromatic heterocycles. The molecule has 1 amide bonds. The van der Waals surface area contributed by atoms with Crippen molar-refractivity contribution >= 4 is 5.91 Å². The van der Waals surface area contributed by atoms with Gasteiger partial charge < -0.3 is 24.4 Å². The molecule has 3 fully saturated rings. The first-order valence-electron chi connectivity index (χ1n) is 11.3. The minimum atomic E-state index is -0.592. The van der Waals surface area contributed by atoms with Gasteiger partial charge in [0.1, 0.15) is 5.82 Å². The summed E-state index contributed by atoms with van der Waals surface area (Å²) in [6.45, 7) is 5.00. The van der Waals surface area contributed by atoms with Crippen LogP contribution < -0.4 is 0 Å². The molecule has 0 bridgehead atoms. The van der Waals surface area contributed by atoms with Crippen molar-refractivity contribution in [2.75, 3.05) is 53.0 Å². The van der Waals surface area contributed by atoms with E-state index in [0.717, 1.165) is 44.6 Å². The summed E-state index contributed by atoms with van der Waals surface area (Å²) in [4.78, 5) is 19.1. The fourth-order valence-electron chi connectivity index (χ4n) is 4.88. The van der Waals surface area contributed by atoms with Gasteiger partial charge in [0.15, 0.2) is 0 Å². The number of likely N-dealkylation sites (N-methyl/N-ethyl adjacent to an activating group) is 1. The summed E-state index contributed by atoms with van der Waals surface area (Å²) >= 11 is 0. The largest absolute Gasteiger partial charge is 0.389 e. The lowest BCUT2D eigenvalue weighted by molar-refractivity contribution is -0.161. The van der Waals surface area contributed by atoms with Gasteiger partial charge in [0, 0.05) is 45.3 Å². The van der Waals surface area contributed by atoms with Crippen molar-refractivity contribution < 1.29 is 23.8 Å². The van der Waals surface area contributed by atoms with E-state index >= 15 is 0 Å². The summed E-state index contributed by atoms with van der Waals surface area (Å²) in [5.41, 5.74) is 0.875. The van der Waals surface area contributed by atoms with Crippen molar-refractivity contribution in [3.8, 4) is 0 Å². The van der Waals surface area contributed by atoms with Crippen LogP contribution in [0.2, 0.25) is 0 Å². The molecule has 31 heavy (non-hydrogen) atoms. The number of halogens is 1. The van der Waals surface area contributed by atoms with Crippen LogP contribution in [0.5, 0.6) is 0 Å². The van der Waals surface area contributed by atoms with E-state index in [-0.39, 0.29) is 36.6 Å². The molecule has 7 nitrogen and oxygen atoms in total. The lowest BCUT2D eigenvalue weighted by Gasteiger charge is -2.45. The number of amides is 1. The third-order valence-corrected chi connectivity index (χ3v) is 6.62. The second-order valence-electron chi connectivity index (χ2n) is 9.08. The minimum Gasteiger partial charge on any atom is -0.389 e. The average Bonchev–Trinajstić information content (AvgIpc) is 2.73. The SMILES string of the molecule is CN1CCN(C(=O)C[C@@H]2CC[C@@H]3[C@H](COC[C@@H](O)CN3Cc3cccc(F)c3)O2)CC1. The fraction of sp³-hybridized carbons (Fsp3) is 0.696. The highest BCUT2D eigenvalue weighted by atomic mass is 19.1. The molecule has 4 rings (SSSR count). The van der Waals surface area contributed by atoms with Gasteiger partial charge in [-0.15, -0.1) is 0 Å². The number of fused-ring (bicyclic) bond motifs is 1. The number of aliphatic hydroxyl groups excluding tert-OH is 1. The van der Waals surface area contributed by atoms with Crippen LogP contribution in [-0.2, 0) is 20.8 Å². The van der Waals surface area contributed by atoms with E-state index in [1.54, 1.807) is 6.07 Å². The number of benzene rings is 1. The van der Waals surface area contributed by atoms with Gasteiger partial charge in [0.25, 0.3) is 0 Å². The maximum Gasteiger partial charge on any atom is 0.225 e. The Morgan fingerprint density at radius 2 is 2.00 bits per heavy atom. The van der Waals surface area contributed by atoms with Crippen molar-refractivity contribution in [1.82, 2.24) is 14.7 Å². The maximum atomic E-state index is 13.7. The second-order valence-corrected chi connectivity index (χ2v) is 9.08. The molecule has 0 aliphatic carbocycles. The van der Waals surface area contributed by atoms with Gasteiger partial charge in [0.05, 0.1) is 37.9 Å². The second kappa shape index (κ2) is 10.4. The third-order valence-electron chi connectivity index (χ3n) is 6.62. The number of rotatable bonds is 4. The van der Waals surface area contributed by atoms with E-state index in [2.05, 4.69) is 16.8 Å². The van der Waals surface area contributed by atoms with Gasteiger partial charge in [-0.05, 0) is 37.6 Å². The van der Waals surface area contributed by atoms with E-state index in [9.17, 15) is 14.3 Å². The van der Waals surface area contributed by atoms with Crippen LogP contribution in [0.4, 0.5) is 4.39 Å². The number of hydrogen-bond donors (Lipinski definition) is 1. The Balaban J connectivity index is 1.38. The smallest absolute Gasteiger partial charge is 0.225 e. The van der Waals surface area contributed by atoms with Crippen molar-refractivity contribution in [3.63, 3.8) is 0 Å². The zero-order valence-corrected chi connectivity index (χ0v) is 18.3. The number of nitrogens with zero attached hydrogens (tertiary/aromatic N) is 3. The number of carbonyl (C=O) groups is 1. The van der Waals surface area contributed by atoms with Crippen LogP contribution >= 0.6 is 0 Å². The van der Waals surface area contributed by atoms with Crippen LogP contribution in [0, 0.1) is 5.82 Å². The van der Waals surface area contributed by atoms with Crippen LogP contribution in [0.25, 0.3) is 0 Å². The van der Waals surface area contributed by atoms with E-state index in [0.29, 0.717) is 26.1 Å². The molecule has 3 heterocycles. The molecule has 3 aliphatic heterocycles. The Bertz CT molecular complexity index is 743. The van der Waals surface area contributed by atoms with Crippen LogP contribution in [0.3, 0.4) is 0 Å². The maximum absolute atomic E-state index is 13.7. The molecular formula is C23H34FN3O4. The summed E-state index contributed by atoms with van der Waals surface area (Å²) in [6.07, 6.45) is 1.18. The number of ether oxygens (including phenoxy) is 2. The van der Waals surface area contributed by atoms with E-state index in [1.807, 2.05) is 11.0 Å². The van der Waals surface area contributed by atoms with Gasteiger partial charge in [-0.1, -0.05) is 12.1 Å². The number of hydrogen-bond acceptors (Lipinski definition) is 6. The van der Waals surface area contributed by atoms with E-state index in [4.69, 9.17) is 9.47 Å². The summed E-state index contributed by atoms with van der Waals surface area (Å²) in [6, 6.07) is 6.66. The monoisotopic (exact) mass is 435 g/mol. The Hall–Kier alpha value is -1.58. The third kappa shape index (κ3) is 6.02. The highest BCUT2D eigenvalue weighted by Gasteiger charge is 2.38. The lowest BCUT2D eigenvalue weighted by atomic mass is 9.94. The molecule has 0 spiro atoms. The normalized spacial score (nSPS) is 31.0. The summed E-state index contributed by atoms with van der Waals surface area (Å²) in [5.74, 6) is -0.0947. The molecule has 0 unspecified atom stereocenters. The zero-order valence-electron chi connectivity index (χ0n) is 18.3. The van der Waals surface area contributed by atoms with Crippen molar-refractivity contribution in [2.45, 2.75) is 50.2 Å². The Morgan fingerprint density at radius 3 is 2.77 bits per heavy atom. The first-order chi connectivity index (χ1) is 15.0. The zero-order chi connectivity index (χ0) is 21.8. The fourth-order valence-corrected chi connectivity index (χ4v) is 4.88. The van der Waals surface area contributed by atoms with Crippen LogP contribution in [0.1, 0.15) is 24.8 Å². The standard InChI is InChI=1S/C23H34FN3O4/c1-25-7-9-26(10-8-25)23(29)12-20-5-6-21-22(31-20)16-30-15-19(28)14-27(21)13-17-3-2-4-18(24)11-17/h2-4,11,19-22,28H,5-10,12-16H2,1H3/t19-,20-,21+,22-/m0/s1. The Kier molecular flexibility index (Phi) is 7.55. The van der Waals surface area contributed by atoms with Crippen LogP contribution in [0.15, 0.2) is 24.3 Å². The number of β-amino-alcohol motifs (C(OH)–C–C–N with tert-alkyl or cyclic N) is 1. The molecular weight excluding hydrogens is 401 g/mol. The van der Waals surface area contributed by atoms with Gasteiger partial charge in [-0.25, -0.2) is 4.39 Å². The van der Waals surface area contributed by atoms with Gasteiger partial charge in [-0.3, -0.25) is 9.69 Å². The number of carbonyl (C=O) groups excluding carboxylic acids is 1. The van der Waals surface area contributed by atoms with Crippen molar-refractivity contribution in [3.05, 3.63) is 35.6 Å². The van der Waals surface area contributed by atoms with Crippen LogP contribution in [-0.4, -0.2) is 103 Å². The quantitative estimate of drug-likeness (QED) is 0.764. The summed E-state index contributed by atoms with van der Waals surface area (Å²) < 4.78 is 25.7. The molecule has 3 aliphatic rings. The summed E-state index contributed by atoms with van der Waals surface area (Å²) in [5, 5.41) is 10.3. The average molecular weight is 436 g/mol. The molecule has 0 radical (unpaired) electrons. The molecule has 4 atom stereocenters. The van der Waals surface area contributed by atoms with Crippen molar-refractivity contribution in [1.29, 1.82) is 0 Å². The van der Waals surface area contributed by atoms with Gasteiger partial charge in [0.2, 0.25) is 5.91 Å². The first-order valence-corrected chi connectivity index (χ1v) is 11.3. The summed E-state index contributed by atoms with van der Waals surface area (Å²) in [7, 11) is 2.08. The predicted octanol–water partition coefficient (Wildman–Crippen LogP) is 1.10. The molecule has 1 N–H and O–H groups in total. The highest BCUT2D eigenvalue weighted by molar-refractivity contribution is 5.76. The van der Waals surface area contributed by atoms with E-state index < -0.39 is 6.10 Å². The minimum absolute atomic E-state index is 0.0632. The van der Waals surface area contributed by atoms with Crippen molar-refractivity contribution in [2.24, 2.45) is 0 Å². The Labute approximate surface area is 183 Å². The van der Waals surface area contributed by atoms with Gasteiger partial charge in [-0.2, -0.15) is 0 Å².